The first-order chi connectivity index (χ1) is 6.77. The Bertz CT molecular complexity index is 326. The second-order valence-electron chi connectivity index (χ2n) is 3.71. The standard InChI is InChI=1S/C11H14BrNO.ClH/c12-10-5-4-8(14)7-9(10)11-3-1-2-6-13-11;/h4-5,7,11,13-14H,1-3,6H2;1H/t11-;/m0./s1. The van der Waals surface area contributed by atoms with E-state index in [1.807, 2.05) is 12.1 Å². The van der Waals surface area contributed by atoms with Crippen molar-refractivity contribution in [3.05, 3.63) is 28.2 Å². The highest BCUT2D eigenvalue weighted by Gasteiger charge is 2.17. The Kier molecular flexibility index (Phi) is 4.90. The molecule has 0 amide bonds. The maximum atomic E-state index is 9.42. The summed E-state index contributed by atoms with van der Waals surface area (Å²) >= 11 is 3.51. The Morgan fingerprint density at radius 3 is 2.80 bits per heavy atom. The predicted octanol–water partition coefficient (Wildman–Crippen LogP) is 3.39. The van der Waals surface area contributed by atoms with Crippen LogP contribution in [-0.4, -0.2) is 11.7 Å². The smallest absolute Gasteiger partial charge is 0.115 e. The average molecular weight is 293 g/mol. The lowest BCUT2D eigenvalue weighted by atomic mass is 9.97. The normalized spacial score (nSPS) is 20.7. The molecule has 1 saturated heterocycles. The zero-order valence-corrected chi connectivity index (χ0v) is 10.8. The van der Waals surface area contributed by atoms with Crippen molar-refractivity contribution in [3.8, 4) is 5.75 Å². The number of benzene rings is 1. The molecule has 1 aromatic rings. The van der Waals surface area contributed by atoms with Crippen molar-refractivity contribution in [2.24, 2.45) is 0 Å². The monoisotopic (exact) mass is 291 g/mol. The molecule has 0 unspecified atom stereocenters. The topological polar surface area (TPSA) is 32.3 Å². The van der Waals surface area contributed by atoms with E-state index in [-0.39, 0.29) is 12.4 Å². The number of phenols is 1. The molecule has 2 rings (SSSR count). The summed E-state index contributed by atoms with van der Waals surface area (Å²) < 4.78 is 1.08. The molecule has 2 nitrogen and oxygen atoms in total. The molecule has 1 heterocycles. The first-order valence-corrected chi connectivity index (χ1v) is 5.78. The van der Waals surface area contributed by atoms with Crippen molar-refractivity contribution in [1.82, 2.24) is 5.32 Å². The number of piperidine rings is 1. The summed E-state index contributed by atoms with van der Waals surface area (Å²) in [7, 11) is 0. The van der Waals surface area contributed by atoms with Crippen molar-refractivity contribution in [3.63, 3.8) is 0 Å². The minimum atomic E-state index is 0. The fraction of sp³-hybridized carbons (Fsp3) is 0.455. The number of nitrogens with one attached hydrogen (secondary N) is 1. The van der Waals surface area contributed by atoms with Gasteiger partial charge in [0.25, 0.3) is 0 Å². The van der Waals surface area contributed by atoms with Crippen LogP contribution in [0.3, 0.4) is 0 Å². The van der Waals surface area contributed by atoms with Crippen LogP contribution in [0, 0.1) is 0 Å². The number of hydrogen-bond donors (Lipinski definition) is 2. The van der Waals surface area contributed by atoms with E-state index in [1.165, 1.54) is 18.4 Å². The second kappa shape index (κ2) is 5.73. The van der Waals surface area contributed by atoms with Gasteiger partial charge in [0.1, 0.15) is 5.75 Å². The van der Waals surface area contributed by atoms with Gasteiger partial charge in [-0.15, -0.1) is 12.4 Å². The predicted molar refractivity (Wildman–Crippen MR) is 67.6 cm³/mol. The Morgan fingerprint density at radius 2 is 2.13 bits per heavy atom. The summed E-state index contributed by atoms with van der Waals surface area (Å²) in [4.78, 5) is 0. The third-order valence-electron chi connectivity index (χ3n) is 2.67. The molecule has 0 aromatic heterocycles. The van der Waals surface area contributed by atoms with Crippen molar-refractivity contribution in [2.45, 2.75) is 25.3 Å². The van der Waals surface area contributed by atoms with Crippen LogP contribution in [0.25, 0.3) is 0 Å². The van der Waals surface area contributed by atoms with Crippen LogP contribution in [0.4, 0.5) is 0 Å². The van der Waals surface area contributed by atoms with Crippen molar-refractivity contribution >= 4 is 28.3 Å². The average Bonchev–Trinajstić information content (AvgIpc) is 2.23. The molecule has 1 aliphatic rings. The largest absolute Gasteiger partial charge is 0.508 e. The zero-order chi connectivity index (χ0) is 9.97. The van der Waals surface area contributed by atoms with Gasteiger partial charge in [-0.1, -0.05) is 22.4 Å². The SMILES string of the molecule is Cl.Oc1ccc(Br)c([C@@H]2CCCCN2)c1. The maximum absolute atomic E-state index is 9.42. The van der Waals surface area contributed by atoms with Gasteiger partial charge in [-0.05, 0) is 43.1 Å². The van der Waals surface area contributed by atoms with E-state index in [0.29, 0.717) is 11.8 Å². The van der Waals surface area contributed by atoms with E-state index in [1.54, 1.807) is 6.07 Å². The highest BCUT2D eigenvalue weighted by Crippen LogP contribution is 2.31. The van der Waals surface area contributed by atoms with Crippen LogP contribution >= 0.6 is 28.3 Å². The van der Waals surface area contributed by atoms with Crippen LogP contribution < -0.4 is 5.32 Å². The highest BCUT2D eigenvalue weighted by atomic mass is 79.9. The molecule has 0 radical (unpaired) electrons. The lowest BCUT2D eigenvalue weighted by molar-refractivity contribution is 0.408. The fourth-order valence-corrected chi connectivity index (χ4v) is 2.44. The lowest BCUT2D eigenvalue weighted by Crippen LogP contribution is -2.26. The van der Waals surface area contributed by atoms with E-state index < -0.39 is 0 Å². The fourth-order valence-electron chi connectivity index (χ4n) is 1.92. The first kappa shape index (κ1) is 12.8. The van der Waals surface area contributed by atoms with Gasteiger partial charge in [0.2, 0.25) is 0 Å². The summed E-state index contributed by atoms with van der Waals surface area (Å²) in [5, 5.41) is 12.9. The second-order valence-corrected chi connectivity index (χ2v) is 4.56. The van der Waals surface area contributed by atoms with Crippen LogP contribution in [-0.2, 0) is 0 Å². The van der Waals surface area contributed by atoms with Crippen LogP contribution in [0.5, 0.6) is 5.75 Å². The molecule has 4 heteroatoms. The summed E-state index contributed by atoms with van der Waals surface area (Å²) in [6.07, 6.45) is 3.68. The quantitative estimate of drug-likeness (QED) is 0.831. The van der Waals surface area contributed by atoms with Gasteiger partial charge in [0.15, 0.2) is 0 Å². The van der Waals surface area contributed by atoms with Gasteiger partial charge < -0.3 is 10.4 Å². The Morgan fingerprint density at radius 1 is 1.33 bits per heavy atom. The number of aromatic hydroxyl groups is 1. The molecule has 0 spiro atoms. The first-order valence-electron chi connectivity index (χ1n) is 4.99. The van der Waals surface area contributed by atoms with Gasteiger partial charge in [0.05, 0.1) is 0 Å². The molecule has 1 fully saturated rings. The molecular formula is C11H15BrClNO. The number of hydrogen-bond acceptors (Lipinski definition) is 2. The van der Waals surface area contributed by atoms with Crippen molar-refractivity contribution in [2.75, 3.05) is 6.54 Å². The van der Waals surface area contributed by atoms with Gasteiger partial charge in [-0.25, -0.2) is 0 Å². The molecule has 1 aliphatic heterocycles. The molecular weight excluding hydrogens is 277 g/mol. The van der Waals surface area contributed by atoms with Gasteiger partial charge in [-0.2, -0.15) is 0 Å². The summed E-state index contributed by atoms with van der Waals surface area (Å²) in [5.74, 6) is 0.343. The number of phenolic OH excluding ortho intramolecular Hbond substituents is 1. The molecule has 15 heavy (non-hydrogen) atoms. The van der Waals surface area contributed by atoms with Crippen molar-refractivity contribution in [1.29, 1.82) is 0 Å². The Labute approximate surface area is 105 Å². The summed E-state index contributed by atoms with van der Waals surface area (Å²) in [6, 6.07) is 5.84. The third-order valence-corrected chi connectivity index (χ3v) is 3.39. The van der Waals surface area contributed by atoms with Crippen molar-refractivity contribution < 1.29 is 5.11 Å². The Hall–Kier alpha value is -0.250. The van der Waals surface area contributed by atoms with E-state index >= 15 is 0 Å². The van der Waals surface area contributed by atoms with Gasteiger partial charge in [-0.3, -0.25) is 0 Å². The van der Waals surface area contributed by atoms with Crippen LogP contribution in [0.2, 0.25) is 0 Å². The Balaban J connectivity index is 0.00000112. The molecule has 0 aliphatic carbocycles. The van der Waals surface area contributed by atoms with E-state index in [0.717, 1.165) is 17.4 Å². The van der Waals surface area contributed by atoms with E-state index in [9.17, 15) is 5.11 Å². The van der Waals surface area contributed by atoms with Crippen LogP contribution in [0.1, 0.15) is 30.9 Å². The number of rotatable bonds is 1. The molecule has 84 valence electrons. The lowest BCUT2D eigenvalue weighted by Gasteiger charge is -2.24. The van der Waals surface area contributed by atoms with Crippen LogP contribution in [0.15, 0.2) is 22.7 Å². The molecule has 0 bridgehead atoms. The summed E-state index contributed by atoms with van der Waals surface area (Å²) in [6.45, 7) is 1.08. The van der Waals surface area contributed by atoms with Gasteiger partial charge >= 0.3 is 0 Å². The van der Waals surface area contributed by atoms with E-state index in [4.69, 9.17) is 0 Å². The van der Waals surface area contributed by atoms with Gasteiger partial charge in [0, 0.05) is 10.5 Å². The molecule has 2 N–H and O–H groups in total. The number of halogens is 2. The summed E-state index contributed by atoms with van der Waals surface area (Å²) in [5.41, 5.74) is 1.17. The minimum Gasteiger partial charge on any atom is -0.508 e. The molecule has 1 atom stereocenters. The highest BCUT2D eigenvalue weighted by molar-refractivity contribution is 9.10. The van der Waals surface area contributed by atoms with E-state index in [2.05, 4.69) is 21.2 Å². The zero-order valence-electron chi connectivity index (χ0n) is 8.37. The minimum absolute atomic E-state index is 0. The molecule has 0 saturated carbocycles. The molecule has 1 aromatic carbocycles. The maximum Gasteiger partial charge on any atom is 0.115 e. The third kappa shape index (κ3) is 3.10.